The van der Waals surface area contributed by atoms with Gasteiger partial charge in [0.2, 0.25) is 0 Å². The molecule has 12 heavy (non-hydrogen) atoms. The largest absolute Gasteiger partial charge is 0.0882 e. The SMILES string of the molecule is C1=C\C/C=C\CCC\C=C/C=C/1. The van der Waals surface area contributed by atoms with Crippen molar-refractivity contribution in [1.82, 2.24) is 0 Å². The minimum atomic E-state index is 1.06. The first-order valence-electron chi connectivity index (χ1n) is 4.63. The summed E-state index contributed by atoms with van der Waals surface area (Å²) in [6.45, 7) is 0. The molecule has 0 radical (unpaired) electrons. The minimum Gasteiger partial charge on any atom is -0.0882 e. The zero-order valence-electron chi connectivity index (χ0n) is 7.45. The third kappa shape index (κ3) is 4.73. The summed E-state index contributed by atoms with van der Waals surface area (Å²) in [5, 5.41) is 0. The van der Waals surface area contributed by atoms with Crippen molar-refractivity contribution in [2.45, 2.75) is 25.7 Å². The molecule has 0 heteroatoms. The van der Waals surface area contributed by atoms with E-state index >= 15 is 0 Å². The summed E-state index contributed by atoms with van der Waals surface area (Å²) in [6.07, 6.45) is 22.0. The van der Waals surface area contributed by atoms with Gasteiger partial charge in [0.05, 0.1) is 0 Å². The molecule has 0 unspecified atom stereocenters. The average Bonchev–Trinajstić information content (AvgIpc) is 2.05. The zero-order chi connectivity index (χ0) is 8.49. The van der Waals surface area contributed by atoms with Gasteiger partial charge in [0.1, 0.15) is 0 Å². The number of rotatable bonds is 0. The number of hydrogen-bond donors (Lipinski definition) is 0. The minimum absolute atomic E-state index is 1.06. The van der Waals surface area contributed by atoms with Crippen molar-refractivity contribution in [3.63, 3.8) is 0 Å². The highest BCUT2D eigenvalue weighted by atomic mass is 13.9. The van der Waals surface area contributed by atoms with Crippen LogP contribution in [-0.4, -0.2) is 0 Å². The molecule has 0 nitrogen and oxygen atoms in total. The molecule has 0 N–H and O–H groups in total. The lowest BCUT2D eigenvalue weighted by atomic mass is 10.2. The lowest BCUT2D eigenvalue weighted by Gasteiger charge is -1.90. The molecule has 0 atom stereocenters. The number of allylic oxidation sites excluding steroid dienone is 8. The fourth-order valence-electron chi connectivity index (χ4n) is 1.11. The van der Waals surface area contributed by atoms with E-state index < -0.39 is 0 Å². The van der Waals surface area contributed by atoms with Crippen LogP contribution in [0.5, 0.6) is 0 Å². The highest BCUT2D eigenvalue weighted by Crippen LogP contribution is 2.00. The van der Waals surface area contributed by atoms with Gasteiger partial charge in [-0.3, -0.25) is 0 Å². The molecule has 1 aliphatic rings. The smallest absolute Gasteiger partial charge is 0.0166 e. The first-order chi connectivity index (χ1) is 6.00. The standard InChI is InChI=1S/C12H16/c1-2-4-6-8-10-12-11-9-7-5-3-1/h1-6,9,11H,7-8,10,12H2/b2-1+,5-3-,6-4-,11-9-. The normalized spacial score (nSPS) is 29.3. The van der Waals surface area contributed by atoms with Crippen molar-refractivity contribution in [3.05, 3.63) is 48.6 Å². The third-order valence-electron chi connectivity index (χ3n) is 1.79. The first kappa shape index (κ1) is 9.05. The van der Waals surface area contributed by atoms with Crippen molar-refractivity contribution in [3.8, 4) is 0 Å². The van der Waals surface area contributed by atoms with E-state index in [0.717, 1.165) is 6.42 Å². The molecule has 0 spiro atoms. The Labute approximate surface area is 75.0 Å². The molecule has 1 aliphatic carbocycles. The molecule has 0 heterocycles. The van der Waals surface area contributed by atoms with Crippen LogP contribution in [0.25, 0.3) is 0 Å². The van der Waals surface area contributed by atoms with Crippen LogP contribution in [0.1, 0.15) is 25.7 Å². The Bertz CT molecular complexity index is 204. The van der Waals surface area contributed by atoms with Crippen molar-refractivity contribution < 1.29 is 0 Å². The van der Waals surface area contributed by atoms with Gasteiger partial charge in [-0.15, -0.1) is 0 Å². The third-order valence-corrected chi connectivity index (χ3v) is 1.79. The van der Waals surface area contributed by atoms with Gasteiger partial charge in [0.15, 0.2) is 0 Å². The molecule has 0 aromatic carbocycles. The van der Waals surface area contributed by atoms with Crippen LogP contribution >= 0.6 is 0 Å². The van der Waals surface area contributed by atoms with Gasteiger partial charge in [0, 0.05) is 0 Å². The van der Waals surface area contributed by atoms with Crippen LogP contribution in [-0.2, 0) is 0 Å². The van der Waals surface area contributed by atoms with E-state index in [9.17, 15) is 0 Å². The van der Waals surface area contributed by atoms with E-state index in [0.29, 0.717) is 0 Å². The Kier molecular flexibility index (Phi) is 5.02. The van der Waals surface area contributed by atoms with Crippen LogP contribution in [0, 0.1) is 0 Å². The lowest BCUT2D eigenvalue weighted by Crippen LogP contribution is -1.69. The quantitative estimate of drug-likeness (QED) is 0.473. The van der Waals surface area contributed by atoms with Gasteiger partial charge in [0.25, 0.3) is 0 Å². The molecule has 0 saturated carbocycles. The molecular weight excluding hydrogens is 144 g/mol. The van der Waals surface area contributed by atoms with Gasteiger partial charge in [-0.25, -0.2) is 0 Å². The van der Waals surface area contributed by atoms with Crippen LogP contribution in [0.2, 0.25) is 0 Å². The van der Waals surface area contributed by atoms with Gasteiger partial charge in [-0.05, 0) is 25.7 Å². The number of hydrogen-bond acceptors (Lipinski definition) is 0. The van der Waals surface area contributed by atoms with Crippen molar-refractivity contribution in [1.29, 1.82) is 0 Å². The van der Waals surface area contributed by atoms with Crippen LogP contribution in [0.3, 0.4) is 0 Å². The monoisotopic (exact) mass is 160 g/mol. The van der Waals surface area contributed by atoms with E-state index in [1.54, 1.807) is 0 Å². The maximum Gasteiger partial charge on any atom is -0.0166 e. The van der Waals surface area contributed by atoms with E-state index in [1.807, 2.05) is 0 Å². The molecule has 1 rings (SSSR count). The second-order valence-electron chi connectivity index (χ2n) is 2.88. The Morgan fingerprint density at radius 1 is 0.583 bits per heavy atom. The second-order valence-corrected chi connectivity index (χ2v) is 2.88. The summed E-state index contributed by atoms with van der Waals surface area (Å²) in [5.74, 6) is 0. The molecular formula is C12H16. The molecule has 0 aromatic heterocycles. The highest BCUT2D eigenvalue weighted by Gasteiger charge is 1.80. The van der Waals surface area contributed by atoms with E-state index in [-0.39, 0.29) is 0 Å². The summed E-state index contributed by atoms with van der Waals surface area (Å²) in [7, 11) is 0. The first-order valence-corrected chi connectivity index (χ1v) is 4.63. The molecule has 0 saturated heterocycles. The van der Waals surface area contributed by atoms with Crippen molar-refractivity contribution in [2.24, 2.45) is 0 Å². The molecule has 0 bridgehead atoms. The van der Waals surface area contributed by atoms with Gasteiger partial charge in [-0.1, -0.05) is 48.6 Å². The van der Waals surface area contributed by atoms with Crippen LogP contribution in [0.4, 0.5) is 0 Å². The van der Waals surface area contributed by atoms with E-state index in [1.165, 1.54) is 19.3 Å². The second kappa shape index (κ2) is 6.66. The lowest BCUT2D eigenvalue weighted by molar-refractivity contribution is 0.866. The molecule has 64 valence electrons. The van der Waals surface area contributed by atoms with Crippen molar-refractivity contribution >= 4 is 0 Å². The highest BCUT2D eigenvalue weighted by molar-refractivity contribution is 5.12. The average molecular weight is 160 g/mol. The van der Waals surface area contributed by atoms with Gasteiger partial charge in [-0.2, -0.15) is 0 Å². The summed E-state index contributed by atoms with van der Waals surface area (Å²) in [4.78, 5) is 0. The maximum absolute atomic E-state index is 2.27. The Balaban J connectivity index is 2.42. The maximum atomic E-state index is 2.27. The molecule has 0 fully saturated rings. The van der Waals surface area contributed by atoms with E-state index in [2.05, 4.69) is 48.6 Å². The van der Waals surface area contributed by atoms with Crippen molar-refractivity contribution in [2.75, 3.05) is 0 Å². The topological polar surface area (TPSA) is 0 Å². The Morgan fingerprint density at radius 3 is 2.25 bits per heavy atom. The van der Waals surface area contributed by atoms with Gasteiger partial charge < -0.3 is 0 Å². The summed E-state index contributed by atoms with van der Waals surface area (Å²) in [5.41, 5.74) is 0. The predicted molar refractivity (Wildman–Crippen MR) is 55.0 cm³/mol. The summed E-state index contributed by atoms with van der Waals surface area (Å²) in [6, 6.07) is 0. The molecule has 0 amide bonds. The molecule has 0 aromatic rings. The van der Waals surface area contributed by atoms with Crippen LogP contribution < -0.4 is 0 Å². The fourth-order valence-corrected chi connectivity index (χ4v) is 1.11. The Morgan fingerprint density at radius 2 is 1.33 bits per heavy atom. The summed E-state index contributed by atoms with van der Waals surface area (Å²) >= 11 is 0. The predicted octanol–water partition coefficient (Wildman–Crippen LogP) is 3.79. The summed E-state index contributed by atoms with van der Waals surface area (Å²) < 4.78 is 0. The van der Waals surface area contributed by atoms with Gasteiger partial charge >= 0.3 is 0 Å². The molecule has 0 aliphatic heterocycles. The Hall–Kier alpha value is -1.04. The zero-order valence-corrected chi connectivity index (χ0v) is 7.45. The van der Waals surface area contributed by atoms with E-state index in [4.69, 9.17) is 0 Å². The fraction of sp³-hybridized carbons (Fsp3) is 0.333. The van der Waals surface area contributed by atoms with Crippen LogP contribution in [0.15, 0.2) is 48.6 Å².